The molecule has 1 fully saturated rings. The number of carbonyl (C=O) groups excluding carboxylic acids is 1. The van der Waals surface area contributed by atoms with E-state index >= 15 is 0 Å². The quantitative estimate of drug-likeness (QED) is 0.880. The van der Waals surface area contributed by atoms with Crippen LogP contribution in [0, 0.1) is 12.8 Å². The van der Waals surface area contributed by atoms with Crippen LogP contribution in [0.3, 0.4) is 0 Å². The Labute approximate surface area is 150 Å². The zero-order valence-corrected chi connectivity index (χ0v) is 14.6. The molecule has 1 amide bonds. The number of nitrogens with zero attached hydrogens (tertiary/aromatic N) is 2. The van der Waals surface area contributed by atoms with Crippen LogP contribution in [0.4, 0.5) is 4.79 Å². The second-order valence-corrected chi connectivity index (χ2v) is 6.32. The lowest BCUT2D eigenvalue weighted by atomic mass is 9.99. The molecule has 0 aliphatic carbocycles. The monoisotopic (exact) mass is 365 g/mol. The molecule has 25 heavy (non-hydrogen) atoms. The SMILES string of the molecule is Cc1nn(-c2ccc(OC[C@H]3COCC[C@@H]3OC(N)=O)cc2)cc1Cl. The van der Waals surface area contributed by atoms with Gasteiger partial charge in [-0.2, -0.15) is 5.10 Å². The first-order valence-corrected chi connectivity index (χ1v) is 8.39. The number of nitrogens with two attached hydrogens (primary N) is 1. The lowest BCUT2D eigenvalue weighted by Gasteiger charge is -2.30. The van der Waals surface area contributed by atoms with Gasteiger partial charge in [0.05, 0.1) is 42.1 Å². The second-order valence-electron chi connectivity index (χ2n) is 5.91. The van der Waals surface area contributed by atoms with Crippen LogP contribution in [0.15, 0.2) is 30.5 Å². The third-order valence-corrected chi connectivity index (χ3v) is 4.45. The molecule has 0 unspecified atom stereocenters. The van der Waals surface area contributed by atoms with E-state index in [1.54, 1.807) is 10.9 Å². The standard InChI is InChI=1S/C17H20ClN3O4/c1-11-15(18)8-21(20-11)13-2-4-14(5-3-13)24-10-12-9-23-7-6-16(12)25-17(19)22/h2-5,8,12,16H,6-7,9-10H2,1H3,(H2,19,22)/t12-,16+/m1/s1. The largest absolute Gasteiger partial charge is 0.493 e. The number of aryl methyl sites for hydroxylation is 1. The van der Waals surface area contributed by atoms with Crippen LogP contribution < -0.4 is 10.5 Å². The lowest BCUT2D eigenvalue weighted by molar-refractivity contribution is -0.0541. The summed E-state index contributed by atoms with van der Waals surface area (Å²) in [6.45, 7) is 3.26. The van der Waals surface area contributed by atoms with Crippen molar-refractivity contribution in [3.8, 4) is 11.4 Å². The van der Waals surface area contributed by atoms with Crippen molar-refractivity contribution < 1.29 is 19.0 Å². The number of rotatable bonds is 5. The Balaban J connectivity index is 1.60. The molecule has 1 saturated heterocycles. The molecule has 1 aliphatic heterocycles. The van der Waals surface area contributed by atoms with Crippen LogP contribution in [0.5, 0.6) is 5.75 Å². The van der Waals surface area contributed by atoms with E-state index < -0.39 is 6.09 Å². The number of amides is 1. The van der Waals surface area contributed by atoms with Crippen LogP contribution >= 0.6 is 11.6 Å². The fourth-order valence-corrected chi connectivity index (χ4v) is 2.84. The van der Waals surface area contributed by atoms with Gasteiger partial charge in [0.15, 0.2) is 0 Å². The van der Waals surface area contributed by atoms with E-state index in [-0.39, 0.29) is 12.0 Å². The van der Waals surface area contributed by atoms with Crippen LogP contribution in [0.25, 0.3) is 5.69 Å². The van der Waals surface area contributed by atoms with Crippen molar-refractivity contribution in [2.75, 3.05) is 19.8 Å². The van der Waals surface area contributed by atoms with E-state index in [1.807, 2.05) is 31.2 Å². The van der Waals surface area contributed by atoms with E-state index in [2.05, 4.69) is 5.10 Å². The van der Waals surface area contributed by atoms with Crippen molar-refractivity contribution in [3.05, 3.63) is 41.2 Å². The molecule has 134 valence electrons. The molecule has 2 atom stereocenters. The van der Waals surface area contributed by atoms with E-state index in [0.29, 0.717) is 37.0 Å². The number of hydrogen-bond donors (Lipinski definition) is 1. The van der Waals surface area contributed by atoms with Crippen molar-refractivity contribution in [1.82, 2.24) is 9.78 Å². The van der Waals surface area contributed by atoms with Gasteiger partial charge < -0.3 is 19.9 Å². The third kappa shape index (κ3) is 4.43. The number of carbonyl (C=O) groups is 1. The normalized spacial score (nSPS) is 20.2. The van der Waals surface area contributed by atoms with Gasteiger partial charge in [0.25, 0.3) is 0 Å². The molecule has 7 nitrogen and oxygen atoms in total. The van der Waals surface area contributed by atoms with Crippen molar-refractivity contribution in [1.29, 1.82) is 0 Å². The highest BCUT2D eigenvalue weighted by Gasteiger charge is 2.29. The maximum Gasteiger partial charge on any atom is 0.404 e. The molecule has 1 aromatic heterocycles. The van der Waals surface area contributed by atoms with Gasteiger partial charge in [-0.15, -0.1) is 0 Å². The molecule has 2 aromatic rings. The summed E-state index contributed by atoms with van der Waals surface area (Å²) in [4.78, 5) is 11.0. The molecule has 2 heterocycles. The van der Waals surface area contributed by atoms with E-state index in [9.17, 15) is 4.79 Å². The summed E-state index contributed by atoms with van der Waals surface area (Å²) in [6.07, 6.45) is 1.34. The number of hydrogen-bond acceptors (Lipinski definition) is 5. The average Bonchev–Trinajstić information content (AvgIpc) is 2.93. The topological polar surface area (TPSA) is 88.6 Å². The van der Waals surface area contributed by atoms with Gasteiger partial charge in [-0.1, -0.05) is 11.6 Å². The molecule has 3 rings (SSSR count). The molecule has 0 radical (unpaired) electrons. The molecule has 2 N–H and O–H groups in total. The van der Waals surface area contributed by atoms with E-state index in [4.69, 9.17) is 31.5 Å². The number of halogens is 1. The average molecular weight is 366 g/mol. The molecule has 1 aromatic carbocycles. The third-order valence-electron chi connectivity index (χ3n) is 4.08. The summed E-state index contributed by atoms with van der Waals surface area (Å²) >= 11 is 6.03. The molecule has 0 saturated carbocycles. The highest BCUT2D eigenvalue weighted by atomic mass is 35.5. The summed E-state index contributed by atoms with van der Waals surface area (Å²) in [5.41, 5.74) is 6.78. The predicted molar refractivity (Wildman–Crippen MR) is 92.2 cm³/mol. The van der Waals surface area contributed by atoms with Gasteiger partial charge in [0.2, 0.25) is 0 Å². The Hall–Kier alpha value is -2.25. The number of primary amides is 1. The zero-order valence-electron chi connectivity index (χ0n) is 13.9. The minimum atomic E-state index is -0.769. The number of ether oxygens (including phenoxy) is 3. The molecule has 0 bridgehead atoms. The predicted octanol–water partition coefficient (Wildman–Crippen LogP) is 2.71. The summed E-state index contributed by atoms with van der Waals surface area (Å²) in [7, 11) is 0. The van der Waals surface area contributed by atoms with Crippen LogP contribution in [0.1, 0.15) is 12.1 Å². The Morgan fingerprint density at radius 2 is 2.20 bits per heavy atom. The number of benzene rings is 1. The first kappa shape index (κ1) is 17.6. The Bertz CT molecular complexity index is 712. The van der Waals surface area contributed by atoms with Crippen LogP contribution in [-0.2, 0) is 9.47 Å². The highest BCUT2D eigenvalue weighted by Crippen LogP contribution is 2.22. The summed E-state index contributed by atoms with van der Waals surface area (Å²) in [5, 5.41) is 4.96. The molecule has 1 aliphatic rings. The number of aromatic nitrogens is 2. The Kier molecular flexibility index (Phi) is 5.45. The van der Waals surface area contributed by atoms with Crippen LogP contribution in [-0.4, -0.2) is 41.8 Å². The Morgan fingerprint density at radius 3 is 2.84 bits per heavy atom. The lowest BCUT2D eigenvalue weighted by Crippen LogP contribution is -2.40. The first-order valence-electron chi connectivity index (χ1n) is 8.02. The van der Waals surface area contributed by atoms with Gasteiger partial charge in [-0.05, 0) is 31.2 Å². The summed E-state index contributed by atoms with van der Waals surface area (Å²) in [6, 6.07) is 7.50. The van der Waals surface area contributed by atoms with Gasteiger partial charge in [-0.3, -0.25) is 0 Å². The smallest absolute Gasteiger partial charge is 0.404 e. The fraction of sp³-hybridized carbons (Fsp3) is 0.412. The highest BCUT2D eigenvalue weighted by molar-refractivity contribution is 6.31. The van der Waals surface area contributed by atoms with Gasteiger partial charge >= 0.3 is 6.09 Å². The van der Waals surface area contributed by atoms with Crippen LogP contribution in [0.2, 0.25) is 5.02 Å². The fourth-order valence-electron chi connectivity index (χ4n) is 2.71. The maximum atomic E-state index is 11.0. The zero-order chi connectivity index (χ0) is 17.8. The second kappa shape index (κ2) is 7.76. The van der Waals surface area contributed by atoms with Gasteiger partial charge in [0, 0.05) is 12.6 Å². The maximum absolute atomic E-state index is 11.0. The molecular formula is C17H20ClN3O4. The molecule has 8 heteroatoms. The summed E-state index contributed by atoms with van der Waals surface area (Å²) in [5.74, 6) is 0.663. The van der Waals surface area contributed by atoms with E-state index in [1.165, 1.54) is 0 Å². The molecule has 0 spiro atoms. The van der Waals surface area contributed by atoms with Crippen molar-refractivity contribution in [3.63, 3.8) is 0 Å². The minimum absolute atomic E-state index is 0.0477. The molecular weight excluding hydrogens is 346 g/mol. The van der Waals surface area contributed by atoms with Gasteiger partial charge in [-0.25, -0.2) is 9.48 Å². The summed E-state index contributed by atoms with van der Waals surface area (Å²) < 4.78 is 18.1. The van der Waals surface area contributed by atoms with Crippen molar-refractivity contribution >= 4 is 17.7 Å². The van der Waals surface area contributed by atoms with Crippen molar-refractivity contribution in [2.45, 2.75) is 19.4 Å². The Morgan fingerprint density at radius 1 is 1.44 bits per heavy atom. The van der Waals surface area contributed by atoms with E-state index in [0.717, 1.165) is 11.4 Å². The van der Waals surface area contributed by atoms with Crippen molar-refractivity contribution in [2.24, 2.45) is 11.7 Å². The first-order chi connectivity index (χ1) is 12.0. The van der Waals surface area contributed by atoms with Gasteiger partial charge in [0.1, 0.15) is 11.9 Å². The minimum Gasteiger partial charge on any atom is -0.493 e.